The molecular formula is C16H17NO2S. The summed E-state index contributed by atoms with van der Waals surface area (Å²) < 4.78 is 5.19. The van der Waals surface area contributed by atoms with Gasteiger partial charge in [0.25, 0.3) is 0 Å². The molecule has 3 rings (SSSR count). The smallest absolute Gasteiger partial charge is 0.166 e. The van der Waals surface area contributed by atoms with Crippen LogP contribution in [0.4, 0.5) is 0 Å². The lowest BCUT2D eigenvalue weighted by molar-refractivity contribution is 0.0906. The fraction of sp³-hybridized carbons (Fsp3) is 0.500. The van der Waals surface area contributed by atoms with E-state index in [-0.39, 0.29) is 11.7 Å². The van der Waals surface area contributed by atoms with Crippen molar-refractivity contribution < 1.29 is 9.53 Å². The van der Waals surface area contributed by atoms with Crippen LogP contribution in [0.3, 0.4) is 0 Å². The van der Waals surface area contributed by atoms with Crippen LogP contribution in [0.15, 0.2) is 18.2 Å². The highest BCUT2D eigenvalue weighted by Crippen LogP contribution is 2.46. The van der Waals surface area contributed by atoms with E-state index in [1.54, 1.807) is 18.2 Å². The number of carbonyl (C=O) groups is 1. The number of nitriles is 1. The fourth-order valence-corrected chi connectivity index (χ4v) is 5.02. The summed E-state index contributed by atoms with van der Waals surface area (Å²) >= 11 is 2.06. The number of thioether (sulfide) groups is 1. The molecule has 2 unspecified atom stereocenters. The third-order valence-corrected chi connectivity index (χ3v) is 5.89. The minimum Gasteiger partial charge on any atom is -0.495 e. The number of carbonyl (C=O) groups excluding carboxylic acids is 1. The number of ether oxygens (including phenoxy) is 1. The van der Waals surface area contributed by atoms with E-state index < -0.39 is 0 Å². The number of rotatable bonds is 3. The molecule has 2 aliphatic heterocycles. The van der Waals surface area contributed by atoms with E-state index in [2.05, 4.69) is 17.8 Å². The third-order valence-electron chi connectivity index (χ3n) is 4.27. The average Bonchev–Trinajstić information content (AvgIpc) is 2.84. The number of benzene rings is 1. The fourth-order valence-electron chi connectivity index (χ4n) is 3.24. The molecule has 2 heterocycles. The van der Waals surface area contributed by atoms with Gasteiger partial charge in [0.15, 0.2) is 5.78 Å². The van der Waals surface area contributed by atoms with E-state index in [0.29, 0.717) is 27.4 Å². The number of nitrogens with zero attached hydrogens (tertiary/aromatic N) is 1. The summed E-state index contributed by atoms with van der Waals surface area (Å²) in [5.41, 5.74) is 1.15. The molecule has 3 nitrogen and oxygen atoms in total. The van der Waals surface area contributed by atoms with Crippen LogP contribution >= 0.6 is 11.8 Å². The first-order chi connectivity index (χ1) is 9.71. The zero-order valence-corrected chi connectivity index (χ0v) is 12.3. The Morgan fingerprint density at radius 2 is 2.05 bits per heavy atom. The molecule has 2 atom stereocenters. The highest BCUT2D eigenvalue weighted by molar-refractivity contribution is 8.00. The van der Waals surface area contributed by atoms with Crippen LogP contribution in [0, 0.1) is 17.2 Å². The minimum atomic E-state index is 0.145. The van der Waals surface area contributed by atoms with Gasteiger partial charge in [-0.3, -0.25) is 4.79 Å². The van der Waals surface area contributed by atoms with Gasteiger partial charge in [-0.1, -0.05) is 0 Å². The zero-order chi connectivity index (χ0) is 14.1. The van der Waals surface area contributed by atoms with E-state index in [9.17, 15) is 4.79 Å². The molecule has 2 fully saturated rings. The van der Waals surface area contributed by atoms with Crippen molar-refractivity contribution in [3.8, 4) is 11.8 Å². The molecule has 0 saturated carbocycles. The summed E-state index contributed by atoms with van der Waals surface area (Å²) in [5.74, 6) is 0.850. The molecule has 104 valence electrons. The Balaban J connectivity index is 1.82. The minimum absolute atomic E-state index is 0.145. The Labute approximate surface area is 123 Å². The van der Waals surface area contributed by atoms with E-state index in [4.69, 9.17) is 10.00 Å². The molecule has 0 amide bonds. The second kappa shape index (κ2) is 5.49. The Morgan fingerprint density at radius 3 is 2.65 bits per heavy atom. The van der Waals surface area contributed by atoms with Crippen LogP contribution in [0.1, 0.15) is 41.6 Å². The molecule has 0 N–H and O–H groups in total. The van der Waals surface area contributed by atoms with Crippen molar-refractivity contribution in [2.75, 3.05) is 7.11 Å². The first-order valence-corrected chi connectivity index (χ1v) is 7.93. The molecule has 2 bridgehead atoms. The van der Waals surface area contributed by atoms with E-state index in [0.717, 1.165) is 12.8 Å². The van der Waals surface area contributed by atoms with Gasteiger partial charge in [0.2, 0.25) is 0 Å². The lowest BCUT2D eigenvalue weighted by Crippen LogP contribution is -2.24. The van der Waals surface area contributed by atoms with E-state index in [1.807, 2.05) is 0 Å². The van der Waals surface area contributed by atoms with Crippen molar-refractivity contribution in [3.05, 3.63) is 29.3 Å². The van der Waals surface area contributed by atoms with Crippen molar-refractivity contribution in [2.24, 2.45) is 5.92 Å². The molecule has 4 heteroatoms. The Morgan fingerprint density at radius 1 is 1.35 bits per heavy atom. The molecular weight excluding hydrogens is 270 g/mol. The second-order valence-corrected chi connectivity index (χ2v) is 7.12. The zero-order valence-electron chi connectivity index (χ0n) is 11.5. The second-order valence-electron chi connectivity index (χ2n) is 5.52. The molecule has 1 aromatic carbocycles. The van der Waals surface area contributed by atoms with Crippen LogP contribution in [0.5, 0.6) is 5.75 Å². The topological polar surface area (TPSA) is 50.1 Å². The maximum atomic E-state index is 12.6. The summed E-state index contributed by atoms with van der Waals surface area (Å²) in [6.45, 7) is 0. The molecule has 0 spiro atoms. The van der Waals surface area contributed by atoms with E-state index in [1.165, 1.54) is 20.0 Å². The van der Waals surface area contributed by atoms with Crippen molar-refractivity contribution in [2.45, 2.75) is 36.2 Å². The lowest BCUT2D eigenvalue weighted by Gasteiger charge is -2.26. The maximum absolute atomic E-state index is 12.6. The number of ketones is 1. The lowest BCUT2D eigenvalue weighted by atomic mass is 9.90. The quantitative estimate of drug-likeness (QED) is 0.799. The van der Waals surface area contributed by atoms with E-state index >= 15 is 0 Å². The number of Topliss-reactive ketones (excluding diaryl/α,β-unsaturated/α-hetero) is 1. The highest BCUT2D eigenvalue weighted by Gasteiger charge is 2.37. The monoisotopic (exact) mass is 287 g/mol. The van der Waals surface area contributed by atoms with Crippen molar-refractivity contribution in [3.63, 3.8) is 0 Å². The Bertz CT molecular complexity index is 566. The summed E-state index contributed by atoms with van der Waals surface area (Å²) in [4.78, 5) is 12.6. The number of methoxy groups -OCH3 is 1. The SMILES string of the molecule is COc1cc(C(=O)C2CC3CCC(C2)S3)ccc1C#N. The molecule has 0 aromatic heterocycles. The molecule has 1 aromatic rings. The van der Waals surface area contributed by atoms with Crippen molar-refractivity contribution in [1.82, 2.24) is 0 Å². The van der Waals surface area contributed by atoms with Crippen LogP contribution in [-0.4, -0.2) is 23.4 Å². The van der Waals surface area contributed by atoms with Gasteiger partial charge >= 0.3 is 0 Å². The van der Waals surface area contributed by atoms with Crippen molar-refractivity contribution >= 4 is 17.5 Å². The first kappa shape index (κ1) is 13.5. The van der Waals surface area contributed by atoms with Gasteiger partial charge in [-0.15, -0.1) is 0 Å². The Kier molecular flexibility index (Phi) is 3.71. The molecule has 0 radical (unpaired) electrons. The van der Waals surface area contributed by atoms with Crippen LogP contribution in [0.25, 0.3) is 0 Å². The van der Waals surface area contributed by atoms with Crippen molar-refractivity contribution in [1.29, 1.82) is 5.26 Å². The van der Waals surface area contributed by atoms with Gasteiger partial charge in [-0.2, -0.15) is 17.0 Å². The van der Waals surface area contributed by atoms with Gasteiger partial charge in [0.05, 0.1) is 12.7 Å². The van der Waals surface area contributed by atoms with Crippen LogP contribution < -0.4 is 4.74 Å². The average molecular weight is 287 g/mol. The van der Waals surface area contributed by atoms with Gasteiger partial charge in [0, 0.05) is 22.0 Å². The van der Waals surface area contributed by atoms with Gasteiger partial charge in [0.1, 0.15) is 11.8 Å². The highest BCUT2D eigenvalue weighted by atomic mass is 32.2. The van der Waals surface area contributed by atoms with Gasteiger partial charge < -0.3 is 4.74 Å². The van der Waals surface area contributed by atoms with Crippen LogP contribution in [0.2, 0.25) is 0 Å². The molecule has 2 aliphatic rings. The summed E-state index contributed by atoms with van der Waals surface area (Å²) in [5, 5.41) is 10.3. The summed E-state index contributed by atoms with van der Waals surface area (Å²) in [6.07, 6.45) is 4.52. The number of fused-ring (bicyclic) bond motifs is 2. The molecule has 0 aliphatic carbocycles. The predicted octanol–water partition coefficient (Wildman–Crippen LogP) is 3.42. The molecule has 2 saturated heterocycles. The Hall–Kier alpha value is -1.47. The number of hydrogen-bond donors (Lipinski definition) is 0. The largest absolute Gasteiger partial charge is 0.495 e. The third kappa shape index (κ3) is 2.43. The normalized spacial score (nSPS) is 27.9. The standard InChI is InChI=1S/C16H17NO2S/c1-19-15-8-10(2-3-11(15)9-17)16(18)12-6-13-4-5-14(7-12)20-13/h2-3,8,12-14H,4-7H2,1H3. The maximum Gasteiger partial charge on any atom is 0.166 e. The van der Waals surface area contributed by atoms with Gasteiger partial charge in [-0.05, 0) is 43.9 Å². The predicted molar refractivity (Wildman–Crippen MR) is 79.2 cm³/mol. The first-order valence-electron chi connectivity index (χ1n) is 6.99. The summed E-state index contributed by atoms with van der Waals surface area (Å²) in [7, 11) is 1.53. The van der Waals surface area contributed by atoms with Crippen LogP contribution in [-0.2, 0) is 0 Å². The number of hydrogen-bond acceptors (Lipinski definition) is 4. The van der Waals surface area contributed by atoms with Gasteiger partial charge in [-0.25, -0.2) is 0 Å². The summed E-state index contributed by atoms with van der Waals surface area (Å²) in [6, 6.07) is 7.23. The molecule has 20 heavy (non-hydrogen) atoms.